The molecule has 0 radical (unpaired) electrons. The maximum absolute atomic E-state index is 9.56. The normalized spacial score (nSPS) is 19.8. The van der Waals surface area contributed by atoms with E-state index in [-0.39, 0.29) is 17.6 Å². The van der Waals surface area contributed by atoms with Gasteiger partial charge in [0.05, 0.1) is 0 Å². The first-order valence-corrected chi connectivity index (χ1v) is 7.77. The third-order valence-corrected chi connectivity index (χ3v) is 3.66. The number of allylic oxidation sites excluding steroid dienone is 1. The van der Waals surface area contributed by atoms with Crippen LogP contribution < -0.4 is 0 Å². The van der Waals surface area contributed by atoms with Gasteiger partial charge in [-0.25, -0.2) is 0 Å². The number of phenols is 2. The molecule has 2 aromatic rings. The summed E-state index contributed by atoms with van der Waals surface area (Å²) in [6.07, 6.45) is 5.36. The Bertz CT molecular complexity index is 775. The summed E-state index contributed by atoms with van der Waals surface area (Å²) in [5.41, 5.74) is 1.82. The lowest BCUT2D eigenvalue weighted by Crippen LogP contribution is -2.33. The summed E-state index contributed by atoms with van der Waals surface area (Å²) < 4.78 is 11.8. The molecule has 1 aliphatic rings. The van der Waals surface area contributed by atoms with Gasteiger partial charge < -0.3 is 19.7 Å². The van der Waals surface area contributed by atoms with Crippen LogP contribution in [0.4, 0.5) is 0 Å². The van der Waals surface area contributed by atoms with E-state index in [1.165, 1.54) is 12.1 Å². The van der Waals surface area contributed by atoms with Gasteiger partial charge in [-0.15, -0.1) is 0 Å². The Balaban J connectivity index is 1.86. The lowest BCUT2D eigenvalue weighted by atomic mass is 10.1. The van der Waals surface area contributed by atoms with Gasteiger partial charge in [0.15, 0.2) is 11.5 Å². The summed E-state index contributed by atoms with van der Waals surface area (Å²) in [6, 6.07) is 14.6. The Morgan fingerprint density at radius 2 is 1.71 bits per heavy atom. The average Bonchev–Trinajstić information content (AvgIpc) is 2.55. The number of rotatable bonds is 3. The third-order valence-electron chi connectivity index (χ3n) is 3.66. The summed E-state index contributed by atoms with van der Waals surface area (Å²) in [7, 11) is 0. The zero-order chi connectivity index (χ0) is 17.2. The maximum Gasteiger partial charge on any atom is 0.205 e. The van der Waals surface area contributed by atoms with E-state index in [0.29, 0.717) is 5.76 Å². The van der Waals surface area contributed by atoms with Crippen molar-refractivity contribution in [2.75, 3.05) is 0 Å². The zero-order valence-corrected chi connectivity index (χ0v) is 13.6. The second-order valence-corrected chi connectivity index (χ2v) is 6.10. The molecule has 4 heteroatoms. The molecule has 2 aromatic carbocycles. The van der Waals surface area contributed by atoms with E-state index in [9.17, 15) is 10.2 Å². The smallest absolute Gasteiger partial charge is 0.205 e. The van der Waals surface area contributed by atoms with Gasteiger partial charge in [0.25, 0.3) is 0 Å². The molecule has 1 aliphatic heterocycles. The first-order valence-electron chi connectivity index (χ1n) is 7.77. The van der Waals surface area contributed by atoms with Crippen LogP contribution in [0.2, 0.25) is 0 Å². The molecule has 4 nitrogen and oxygen atoms in total. The van der Waals surface area contributed by atoms with Crippen LogP contribution in [0.15, 0.2) is 66.4 Å². The molecule has 0 saturated heterocycles. The quantitative estimate of drug-likeness (QED) is 0.815. The van der Waals surface area contributed by atoms with E-state index in [1.54, 1.807) is 6.07 Å². The van der Waals surface area contributed by atoms with Crippen molar-refractivity contribution in [1.29, 1.82) is 0 Å². The van der Waals surface area contributed by atoms with E-state index >= 15 is 0 Å². The molecule has 0 fully saturated rings. The summed E-state index contributed by atoms with van der Waals surface area (Å²) in [6.45, 7) is 3.74. The Labute approximate surface area is 141 Å². The van der Waals surface area contributed by atoms with Crippen molar-refractivity contribution in [2.45, 2.75) is 25.7 Å². The highest BCUT2D eigenvalue weighted by atomic mass is 16.7. The van der Waals surface area contributed by atoms with Crippen molar-refractivity contribution in [3.8, 4) is 11.5 Å². The van der Waals surface area contributed by atoms with Crippen molar-refractivity contribution in [2.24, 2.45) is 0 Å². The van der Waals surface area contributed by atoms with Crippen molar-refractivity contribution in [1.82, 2.24) is 0 Å². The summed E-state index contributed by atoms with van der Waals surface area (Å²) in [5.74, 6) is -0.348. The number of hydrogen-bond acceptors (Lipinski definition) is 4. The molecule has 0 aliphatic carbocycles. The van der Waals surface area contributed by atoms with E-state index in [2.05, 4.69) is 0 Å². The molecule has 2 N–H and O–H groups in total. The van der Waals surface area contributed by atoms with Crippen molar-refractivity contribution in [3.05, 3.63) is 77.6 Å². The molecular formula is C20H20O4. The standard InChI is InChI=1S/C20H20O4/c1-20(2)23-16(10-8-14-9-11-17(21)18(22)12-14)13-19(24-20)15-6-4-3-5-7-15/h3-13,19,21-22H,1-2H3/b10-8+/t19-/m1/s1. The predicted molar refractivity (Wildman–Crippen MR) is 92.3 cm³/mol. The van der Waals surface area contributed by atoms with E-state index in [0.717, 1.165) is 11.1 Å². The van der Waals surface area contributed by atoms with Gasteiger partial charge in [-0.3, -0.25) is 0 Å². The fourth-order valence-electron chi connectivity index (χ4n) is 2.55. The van der Waals surface area contributed by atoms with Crippen LogP contribution >= 0.6 is 0 Å². The third kappa shape index (κ3) is 3.78. The minimum absolute atomic E-state index is 0.140. The predicted octanol–water partition coefficient (Wildman–Crippen LogP) is 4.52. The van der Waals surface area contributed by atoms with Crippen LogP contribution in [-0.4, -0.2) is 16.0 Å². The van der Waals surface area contributed by atoms with Crippen molar-refractivity contribution >= 4 is 6.08 Å². The highest BCUT2D eigenvalue weighted by molar-refractivity contribution is 5.57. The molecule has 0 amide bonds. The lowest BCUT2D eigenvalue weighted by molar-refractivity contribution is -0.221. The molecule has 124 valence electrons. The van der Waals surface area contributed by atoms with Crippen molar-refractivity contribution in [3.63, 3.8) is 0 Å². The second kappa shape index (κ2) is 6.42. The Hall–Kier alpha value is -2.72. The average molecular weight is 324 g/mol. The van der Waals surface area contributed by atoms with Crippen LogP contribution in [0.25, 0.3) is 6.08 Å². The van der Waals surface area contributed by atoms with Crippen LogP contribution in [0.5, 0.6) is 11.5 Å². The van der Waals surface area contributed by atoms with Crippen LogP contribution in [-0.2, 0) is 9.47 Å². The minimum atomic E-state index is -0.744. The van der Waals surface area contributed by atoms with E-state index < -0.39 is 5.79 Å². The van der Waals surface area contributed by atoms with Gasteiger partial charge in [-0.05, 0) is 35.4 Å². The lowest BCUT2D eigenvalue weighted by Gasteiger charge is -2.35. The summed E-state index contributed by atoms with van der Waals surface area (Å²) >= 11 is 0. The molecule has 1 heterocycles. The van der Waals surface area contributed by atoms with Crippen LogP contribution in [0, 0.1) is 0 Å². The first kappa shape index (κ1) is 16.1. The van der Waals surface area contributed by atoms with Crippen LogP contribution in [0.3, 0.4) is 0 Å². The molecule has 24 heavy (non-hydrogen) atoms. The topological polar surface area (TPSA) is 58.9 Å². The monoisotopic (exact) mass is 324 g/mol. The van der Waals surface area contributed by atoms with Crippen molar-refractivity contribution < 1.29 is 19.7 Å². The van der Waals surface area contributed by atoms with Gasteiger partial charge >= 0.3 is 0 Å². The van der Waals surface area contributed by atoms with Gasteiger partial charge in [-0.1, -0.05) is 42.5 Å². The fourth-order valence-corrected chi connectivity index (χ4v) is 2.55. The summed E-state index contributed by atoms with van der Waals surface area (Å²) in [5, 5.41) is 18.9. The van der Waals surface area contributed by atoms with E-state index in [4.69, 9.17) is 9.47 Å². The number of hydrogen-bond donors (Lipinski definition) is 2. The molecule has 0 bridgehead atoms. The van der Waals surface area contributed by atoms with Gasteiger partial charge in [0.2, 0.25) is 5.79 Å². The SMILES string of the molecule is CC1(C)OC(/C=C/c2ccc(O)c(O)c2)=C[C@H](c2ccccc2)O1. The highest BCUT2D eigenvalue weighted by Gasteiger charge is 2.30. The summed E-state index contributed by atoms with van der Waals surface area (Å²) in [4.78, 5) is 0. The molecule has 0 aromatic heterocycles. The van der Waals surface area contributed by atoms with Crippen LogP contribution in [0.1, 0.15) is 31.1 Å². The Morgan fingerprint density at radius 1 is 0.958 bits per heavy atom. The number of ether oxygens (including phenoxy) is 2. The zero-order valence-electron chi connectivity index (χ0n) is 13.6. The largest absolute Gasteiger partial charge is 0.504 e. The molecule has 0 spiro atoms. The highest BCUT2D eigenvalue weighted by Crippen LogP contribution is 2.34. The maximum atomic E-state index is 9.56. The van der Waals surface area contributed by atoms with Gasteiger partial charge in [0.1, 0.15) is 11.9 Å². The minimum Gasteiger partial charge on any atom is -0.504 e. The fraction of sp³-hybridized carbons (Fsp3) is 0.200. The molecule has 3 rings (SSSR count). The number of benzene rings is 2. The Morgan fingerprint density at radius 3 is 2.42 bits per heavy atom. The molecular weight excluding hydrogens is 304 g/mol. The van der Waals surface area contributed by atoms with Gasteiger partial charge in [-0.2, -0.15) is 0 Å². The van der Waals surface area contributed by atoms with Gasteiger partial charge in [0, 0.05) is 13.8 Å². The Kier molecular flexibility index (Phi) is 4.32. The second-order valence-electron chi connectivity index (χ2n) is 6.10. The molecule has 1 atom stereocenters. The number of phenolic OH excluding ortho intramolecular Hbond substituents is 2. The number of aromatic hydroxyl groups is 2. The molecule has 0 saturated carbocycles. The first-order chi connectivity index (χ1) is 11.4. The molecule has 0 unspecified atom stereocenters. The van der Waals surface area contributed by atoms with E-state index in [1.807, 2.05) is 62.4 Å².